The molecule has 0 radical (unpaired) electrons. The van der Waals surface area contributed by atoms with Gasteiger partial charge in [-0.15, -0.1) is 11.8 Å². The summed E-state index contributed by atoms with van der Waals surface area (Å²) >= 11 is 5.03. The van der Waals surface area contributed by atoms with E-state index in [2.05, 4.69) is 33.4 Å². The van der Waals surface area contributed by atoms with Crippen LogP contribution in [-0.4, -0.2) is 37.9 Å². The zero-order chi connectivity index (χ0) is 18.8. The van der Waals surface area contributed by atoms with Crippen molar-refractivity contribution in [2.75, 3.05) is 26.0 Å². The molecule has 2 aromatic carbocycles. The van der Waals surface area contributed by atoms with E-state index in [1.165, 1.54) is 12.0 Å². The number of thioether (sulfide) groups is 1. The van der Waals surface area contributed by atoms with E-state index in [1.807, 2.05) is 18.2 Å². The number of nitrogens with one attached hydrogen (secondary N) is 1. The molecular formula is C19H20BrNO4S. The van der Waals surface area contributed by atoms with Gasteiger partial charge in [0.15, 0.2) is 6.61 Å². The van der Waals surface area contributed by atoms with Gasteiger partial charge in [0, 0.05) is 15.9 Å². The molecule has 0 bridgehead atoms. The lowest BCUT2D eigenvalue weighted by Gasteiger charge is -2.09. The molecule has 138 valence electrons. The average molecular weight is 438 g/mol. The molecule has 0 spiro atoms. The first-order valence-corrected chi connectivity index (χ1v) is 9.83. The van der Waals surface area contributed by atoms with Gasteiger partial charge in [-0.3, -0.25) is 4.79 Å². The zero-order valence-corrected chi connectivity index (χ0v) is 16.8. The Balaban J connectivity index is 1.66. The number of benzene rings is 2. The molecule has 5 nitrogen and oxygen atoms in total. The number of hydrogen-bond donors (Lipinski definition) is 1. The van der Waals surface area contributed by atoms with Gasteiger partial charge in [0.1, 0.15) is 5.75 Å². The Bertz CT molecular complexity index is 740. The number of methoxy groups -OCH3 is 1. The Morgan fingerprint density at radius 3 is 2.65 bits per heavy atom. The predicted octanol–water partition coefficient (Wildman–Crippen LogP) is 3.91. The quantitative estimate of drug-likeness (QED) is 0.365. The molecule has 1 N–H and O–H groups in total. The highest BCUT2D eigenvalue weighted by Crippen LogP contribution is 2.23. The van der Waals surface area contributed by atoms with Gasteiger partial charge in [-0.2, -0.15) is 0 Å². The van der Waals surface area contributed by atoms with Crippen molar-refractivity contribution < 1.29 is 19.1 Å². The van der Waals surface area contributed by atoms with Crippen LogP contribution in [0.5, 0.6) is 5.75 Å². The number of rotatable bonds is 9. The monoisotopic (exact) mass is 437 g/mol. The normalized spacial score (nSPS) is 10.2. The van der Waals surface area contributed by atoms with Crippen molar-refractivity contribution in [3.8, 4) is 5.75 Å². The molecule has 0 fully saturated rings. The molecule has 0 aliphatic rings. The van der Waals surface area contributed by atoms with Gasteiger partial charge in [-0.25, -0.2) is 4.79 Å². The van der Waals surface area contributed by atoms with E-state index < -0.39 is 5.97 Å². The van der Waals surface area contributed by atoms with Crippen molar-refractivity contribution in [3.63, 3.8) is 0 Å². The second-order valence-electron chi connectivity index (χ2n) is 5.29. The van der Waals surface area contributed by atoms with Gasteiger partial charge in [-0.1, -0.05) is 18.2 Å². The molecule has 0 aromatic heterocycles. The minimum atomic E-state index is -0.578. The van der Waals surface area contributed by atoms with Crippen LogP contribution in [0.4, 0.5) is 0 Å². The Kier molecular flexibility index (Phi) is 8.50. The Morgan fingerprint density at radius 1 is 1.15 bits per heavy atom. The van der Waals surface area contributed by atoms with Gasteiger partial charge >= 0.3 is 5.97 Å². The molecule has 0 saturated carbocycles. The molecule has 2 rings (SSSR count). The van der Waals surface area contributed by atoms with Crippen LogP contribution >= 0.6 is 27.7 Å². The minimum Gasteiger partial charge on any atom is -0.497 e. The number of carbonyl (C=O) groups is 2. The Labute approximate surface area is 165 Å². The average Bonchev–Trinajstić information content (AvgIpc) is 2.67. The molecule has 26 heavy (non-hydrogen) atoms. The van der Waals surface area contributed by atoms with Gasteiger partial charge in [0.2, 0.25) is 0 Å². The SMILES string of the molecule is COc1ccc(Br)c(C(=O)OCC(=O)NCCCSc2ccccc2)c1. The molecule has 2 aromatic rings. The van der Waals surface area contributed by atoms with Crippen LogP contribution in [0.1, 0.15) is 16.8 Å². The first-order valence-electron chi connectivity index (χ1n) is 8.05. The summed E-state index contributed by atoms with van der Waals surface area (Å²) in [6.07, 6.45) is 0.834. The third-order valence-corrected chi connectivity index (χ3v) is 5.17. The standard InChI is InChI=1S/C19H20BrNO4S/c1-24-14-8-9-17(20)16(12-14)19(23)25-13-18(22)21-10-5-11-26-15-6-3-2-4-7-15/h2-4,6-9,12H,5,10-11,13H2,1H3,(H,21,22). The minimum absolute atomic E-state index is 0.311. The van der Waals surface area contributed by atoms with Crippen molar-refractivity contribution in [3.05, 3.63) is 58.6 Å². The number of ether oxygens (including phenoxy) is 2. The van der Waals surface area contributed by atoms with Gasteiger partial charge in [0.05, 0.1) is 12.7 Å². The topological polar surface area (TPSA) is 64.6 Å². The first kappa shape index (κ1) is 20.3. The maximum atomic E-state index is 12.1. The van der Waals surface area contributed by atoms with Crippen LogP contribution in [-0.2, 0) is 9.53 Å². The van der Waals surface area contributed by atoms with Crippen molar-refractivity contribution in [1.29, 1.82) is 0 Å². The lowest BCUT2D eigenvalue weighted by atomic mass is 10.2. The molecule has 0 atom stereocenters. The van der Waals surface area contributed by atoms with E-state index in [0.717, 1.165) is 12.2 Å². The summed E-state index contributed by atoms with van der Waals surface area (Å²) in [5, 5.41) is 2.75. The van der Waals surface area contributed by atoms with Crippen molar-refractivity contribution in [2.45, 2.75) is 11.3 Å². The van der Waals surface area contributed by atoms with E-state index >= 15 is 0 Å². The van der Waals surface area contributed by atoms with E-state index in [9.17, 15) is 9.59 Å². The molecule has 0 aliphatic carbocycles. The summed E-state index contributed by atoms with van der Waals surface area (Å²) in [6, 6.07) is 15.1. The lowest BCUT2D eigenvalue weighted by Crippen LogP contribution is -2.29. The molecule has 7 heteroatoms. The fourth-order valence-electron chi connectivity index (χ4n) is 2.05. The van der Waals surface area contributed by atoms with Crippen LogP contribution in [0.25, 0.3) is 0 Å². The molecule has 1 amide bonds. The van der Waals surface area contributed by atoms with Crippen molar-refractivity contribution in [1.82, 2.24) is 5.32 Å². The smallest absolute Gasteiger partial charge is 0.339 e. The largest absolute Gasteiger partial charge is 0.497 e. The fourth-order valence-corrected chi connectivity index (χ4v) is 3.34. The van der Waals surface area contributed by atoms with Crippen LogP contribution in [0.2, 0.25) is 0 Å². The van der Waals surface area contributed by atoms with Crippen molar-refractivity contribution >= 4 is 39.6 Å². The van der Waals surface area contributed by atoms with Gasteiger partial charge < -0.3 is 14.8 Å². The summed E-state index contributed by atoms with van der Waals surface area (Å²) in [6.45, 7) is 0.230. The highest BCUT2D eigenvalue weighted by Gasteiger charge is 2.14. The van der Waals surface area contributed by atoms with Crippen LogP contribution < -0.4 is 10.1 Å². The summed E-state index contributed by atoms with van der Waals surface area (Å²) in [7, 11) is 1.52. The predicted molar refractivity (Wildman–Crippen MR) is 106 cm³/mol. The third kappa shape index (κ3) is 6.72. The second kappa shape index (κ2) is 10.9. The molecular weight excluding hydrogens is 418 g/mol. The highest BCUT2D eigenvalue weighted by molar-refractivity contribution is 9.10. The van der Waals surface area contributed by atoms with E-state index in [-0.39, 0.29) is 12.5 Å². The van der Waals surface area contributed by atoms with Crippen molar-refractivity contribution in [2.24, 2.45) is 0 Å². The summed E-state index contributed by atoms with van der Waals surface area (Å²) in [5.41, 5.74) is 0.316. The zero-order valence-electron chi connectivity index (χ0n) is 14.4. The van der Waals surface area contributed by atoms with E-state index in [4.69, 9.17) is 9.47 Å². The number of esters is 1. The van der Waals surface area contributed by atoms with Crippen LogP contribution in [0.15, 0.2) is 57.9 Å². The Hall–Kier alpha value is -1.99. The Morgan fingerprint density at radius 2 is 1.92 bits per heavy atom. The maximum Gasteiger partial charge on any atom is 0.339 e. The fraction of sp³-hybridized carbons (Fsp3) is 0.263. The molecule has 0 aliphatic heterocycles. The van der Waals surface area contributed by atoms with Crippen LogP contribution in [0, 0.1) is 0 Å². The first-order chi connectivity index (χ1) is 12.6. The lowest BCUT2D eigenvalue weighted by molar-refractivity contribution is -0.124. The maximum absolute atomic E-state index is 12.1. The highest BCUT2D eigenvalue weighted by atomic mass is 79.9. The molecule has 0 saturated heterocycles. The summed E-state index contributed by atoms with van der Waals surface area (Å²) in [4.78, 5) is 25.1. The number of carbonyl (C=O) groups excluding carboxylic acids is 2. The molecule has 0 heterocycles. The van der Waals surface area contributed by atoms with Gasteiger partial charge in [-0.05, 0) is 58.4 Å². The summed E-state index contributed by atoms with van der Waals surface area (Å²) < 4.78 is 10.7. The van der Waals surface area contributed by atoms with E-state index in [0.29, 0.717) is 22.3 Å². The number of hydrogen-bond acceptors (Lipinski definition) is 5. The molecule has 0 unspecified atom stereocenters. The third-order valence-electron chi connectivity index (χ3n) is 3.38. The number of amides is 1. The second-order valence-corrected chi connectivity index (χ2v) is 7.31. The van der Waals surface area contributed by atoms with Gasteiger partial charge in [0.25, 0.3) is 5.91 Å². The van der Waals surface area contributed by atoms with Crippen LogP contribution in [0.3, 0.4) is 0 Å². The number of halogens is 1. The summed E-state index contributed by atoms with van der Waals surface area (Å²) in [5.74, 6) is 0.550. The van der Waals surface area contributed by atoms with E-state index in [1.54, 1.807) is 30.0 Å².